The van der Waals surface area contributed by atoms with Crippen LogP contribution in [0.3, 0.4) is 0 Å². The summed E-state index contributed by atoms with van der Waals surface area (Å²) in [6.45, 7) is 2.96. The molecule has 0 aliphatic carbocycles. The minimum atomic E-state index is -1.65. The third-order valence-corrected chi connectivity index (χ3v) is 5.43. The van der Waals surface area contributed by atoms with Crippen molar-refractivity contribution in [2.45, 2.75) is 25.0 Å². The maximum Gasteiger partial charge on any atom is 0.267 e. The van der Waals surface area contributed by atoms with Crippen LogP contribution in [-0.4, -0.2) is 53.3 Å². The molecule has 0 bridgehead atoms. The third-order valence-electron chi connectivity index (χ3n) is 5.43. The van der Waals surface area contributed by atoms with Gasteiger partial charge in [0.05, 0.1) is 6.61 Å². The number of likely N-dealkylation sites (N-methyl/N-ethyl adjacent to an activating group) is 1. The third kappa shape index (κ3) is 2.96. The lowest BCUT2D eigenvalue weighted by atomic mass is 9.91. The van der Waals surface area contributed by atoms with Gasteiger partial charge >= 0.3 is 0 Å². The van der Waals surface area contributed by atoms with Crippen LogP contribution in [0.5, 0.6) is 5.75 Å². The molecule has 1 fully saturated rings. The highest BCUT2D eigenvalue weighted by Crippen LogP contribution is 2.42. The van der Waals surface area contributed by atoms with Gasteiger partial charge in [0.25, 0.3) is 11.8 Å². The van der Waals surface area contributed by atoms with Crippen LogP contribution in [-0.2, 0) is 9.59 Å². The number of hydrogen-bond acceptors (Lipinski definition) is 5. The van der Waals surface area contributed by atoms with Crippen molar-refractivity contribution in [3.05, 3.63) is 41.0 Å². The molecule has 3 aliphatic rings. The molecule has 3 N–H and O–H groups in total. The van der Waals surface area contributed by atoms with Crippen molar-refractivity contribution >= 4 is 17.5 Å². The van der Waals surface area contributed by atoms with Gasteiger partial charge in [0.1, 0.15) is 17.5 Å². The quantitative estimate of drug-likeness (QED) is 0.696. The summed E-state index contributed by atoms with van der Waals surface area (Å²) in [5.41, 5.74) is 6.42. The Morgan fingerprint density at radius 1 is 1.46 bits per heavy atom. The van der Waals surface area contributed by atoms with Crippen LogP contribution in [0.1, 0.15) is 30.5 Å². The predicted octanol–water partition coefficient (Wildman–Crippen LogP) is 0.567. The molecule has 1 aromatic rings. The first-order chi connectivity index (χ1) is 13.3. The first kappa shape index (κ1) is 18.3. The number of rotatable bonds is 1. The zero-order valence-corrected chi connectivity index (χ0v) is 15.7. The zero-order chi connectivity index (χ0) is 20.1. The number of hydrogen-bond donors (Lipinski definition) is 2. The Morgan fingerprint density at radius 3 is 2.93 bits per heavy atom. The molecule has 4 rings (SSSR count). The Kier molecular flexibility index (Phi) is 4.24. The van der Waals surface area contributed by atoms with E-state index in [-0.39, 0.29) is 30.0 Å². The molecule has 1 saturated heterocycles. The smallest absolute Gasteiger partial charge is 0.267 e. The van der Waals surface area contributed by atoms with Gasteiger partial charge < -0.3 is 20.5 Å². The largest absolute Gasteiger partial charge is 0.493 e. The number of nitrogens with zero attached hydrogens (tertiary/aromatic N) is 2. The number of nitrogens with two attached hydrogens (primary N) is 1. The molecular weight excluding hydrogens is 358 g/mol. The topological polar surface area (TPSA) is 105 Å². The van der Waals surface area contributed by atoms with Crippen molar-refractivity contribution in [2.75, 3.05) is 20.2 Å². The van der Waals surface area contributed by atoms with Crippen LogP contribution in [0.2, 0.25) is 0 Å². The number of primary amides is 1. The summed E-state index contributed by atoms with van der Waals surface area (Å²) in [6.07, 6.45) is 2.02. The number of fused-ring (bicyclic) bond motifs is 3. The van der Waals surface area contributed by atoms with Gasteiger partial charge in [-0.3, -0.25) is 14.6 Å². The zero-order valence-electron chi connectivity index (χ0n) is 15.7. The Bertz CT molecular complexity index is 1000. The summed E-state index contributed by atoms with van der Waals surface area (Å²) < 4.78 is 5.89. The standard InChI is InChI=1S/C21H21N3O4/c1-12-11-28-17-4-3-13(5-6-21(27)7-8-24(2)20(21)26)9-15(17)18-14(12)10-16(23-18)19(22)25/h3-4,9-10,12,18,27H,7-8,11H2,1-2H3,(H2,22,25)/t12?,18?,21-/m0/s1. The molecule has 0 saturated carbocycles. The summed E-state index contributed by atoms with van der Waals surface area (Å²) in [5.74, 6) is 5.45. The number of ether oxygens (including phenoxy) is 1. The van der Waals surface area contributed by atoms with Crippen LogP contribution >= 0.6 is 0 Å². The molecule has 144 valence electrons. The second-order valence-electron chi connectivity index (χ2n) is 7.48. The Morgan fingerprint density at radius 2 is 2.25 bits per heavy atom. The number of aliphatic hydroxyl groups is 1. The lowest BCUT2D eigenvalue weighted by molar-refractivity contribution is -0.137. The van der Waals surface area contributed by atoms with Crippen LogP contribution < -0.4 is 10.5 Å². The predicted molar refractivity (Wildman–Crippen MR) is 103 cm³/mol. The van der Waals surface area contributed by atoms with E-state index in [2.05, 4.69) is 16.8 Å². The molecule has 3 heterocycles. The van der Waals surface area contributed by atoms with Crippen molar-refractivity contribution < 1.29 is 19.4 Å². The summed E-state index contributed by atoms with van der Waals surface area (Å²) in [6, 6.07) is 5.07. The normalized spacial score (nSPS) is 28.2. The van der Waals surface area contributed by atoms with E-state index in [0.29, 0.717) is 24.5 Å². The van der Waals surface area contributed by atoms with E-state index in [1.807, 2.05) is 13.0 Å². The van der Waals surface area contributed by atoms with Crippen molar-refractivity contribution in [2.24, 2.45) is 16.6 Å². The monoisotopic (exact) mass is 379 g/mol. The number of likely N-dealkylation sites (tertiary alicyclic amines) is 1. The number of benzene rings is 1. The van der Waals surface area contributed by atoms with Crippen molar-refractivity contribution in [1.82, 2.24) is 4.90 Å². The van der Waals surface area contributed by atoms with Gasteiger partial charge in [-0.25, -0.2) is 0 Å². The van der Waals surface area contributed by atoms with Crippen LogP contribution in [0.4, 0.5) is 0 Å². The molecule has 0 radical (unpaired) electrons. The molecule has 3 atom stereocenters. The van der Waals surface area contributed by atoms with E-state index in [0.717, 1.165) is 11.1 Å². The molecule has 2 unspecified atom stereocenters. The summed E-state index contributed by atoms with van der Waals surface area (Å²) >= 11 is 0. The highest BCUT2D eigenvalue weighted by Gasteiger charge is 2.42. The number of aliphatic imine (C=N–C) groups is 1. The summed E-state index contributed by atoms with van der Waals surface area (Å²) in [5, 5.41) is 10.5. The fraction of sp³-hybridized carbons (Fsp3) is 0.381. The maximum absolute atomic E-state index is 12.1. The van der Waals surface area contributed by atoms with Crippen molar-refractivity contribution in [3.8, 4) is 17.6 Å². The van der Waals surface area contributed by atoms with E-state index in [1.165, 1.54) is 4.90 Å². The minimum Gasteiger partial charge on any atom is -0.493 e. The second kappa shape index (κ2) is 6.50. The molecule has 28 heavy (non-hydrogen) atoms. The maximum atomic E-state index is 12.1. The highest BCUT2D eigenvalue weighted by molar-refractivity contribution is 6.43. The molecule has 0 aromatic heterocycles. The fourth-order valence-corrected chi connectivity index (χ4v) is 3.71. The van der Waals surface area contributed by atoms with Gasteiger partial charge in [-0.2, -0.15) is 0 Å². The summed E-state index contributed by atoms with van der Waals surface area (Å²) in [7, 11) is 1.64. The first-order valence-electron chi connectivity index (χ1n) is 9.15. The van der Waals surface area contributed by atoms with Crippen LogP contribution in [0.15, 0.2) is 34.8 Å². The van der Waals surface area contributed by atoms with Crippen molar-refractivity contribution in [3.63, 3.8) is 0 Å². The van der Waals surface area contributed by atoms with Gasteiger partial charge in [0.2, 0.25) is 5.60 Å². The molecule has 1 aromatic carbocycles. The van der Waals surface area contributed by atoms with E-state index < -0.39 is 11.5 Å². The minimum absolute atomic E-state index is 0.0832. The van der Waals surface area contributed by atoms with E-state index in [9.17, 15) is 14.7 Å². The molecular formula is C21H21N3O4. The molecule has 7 heteroatoms. The Labute approximate surface area is 162 Å². The van der Waals surface area contributed by atoms with Crippen LogP contribution in [0.25, 0.3) is 0 Å². The van der Waals surface area contributed by atoms with E-state index >= 15 is 0 Å². The lowest BCUT2D eigenvalue weighted by Gasteiger charge is -2.14. The summed E-state index contributed by atoms with van der Waals surface area (Å²) in [4.78, 5) is 29.6. The van der Waals surface area contributed by atoms with E-state index in [1.54, 1.807) is 25.3 Å². The average Bonchev–Trinajstić information content (AvgIpc) is 3.20. The second-order valence-corrected chi connectivity index (χ2v) is 7.48. The Balaban J connectivity index is 1.72. The van der Waals surface area contributed by atoms with Gasteiger partial charge in [-0.1, -0.05) is 18.8 Å². The number of amides is 2. The fourth-order valence-electron chi connectivity index (χ4n) is 3.71. The molecule has 7 nitrogen and oxygen atoms in total. The van der Waals surface area contributed by atoms with Gasteiger partial charge in [0, 0.05) is 37.1 Å². The molecule has 0 spiro atoms. The van der Waals surface area contributed by atoms with Gasteiger partial charge in [-0.05, 0) is 29.8 Å². The highest BCUT2D eigenvalue weighted by atomic mass is 16.5. The van der Waals surface area contributed by atoms with Crippen LogP contribution in [0, 0.1) is 17.8 Å². The average molecular weight is 379 g/mol. The van der Waals surface area contributed by atoms with E-state index in [4.69, 9.17) is 10.5 Å². The number of carbonyl (C=O) groups excluding carboxylic acids is 2. The number of carbonyl (C=O) groups is 2. The van der Waals surface area contributed by atoms with Gasteiger partial charge in [-0.15, -0.1) is 0 Å². The molecule has 2 amide bonds. The lowest BCUT2D eigenvalue weighted by Crippen LogP contribution is -2.37. The molecule has 3 aliphatic heterocycles. The first-order valence-corrected chi connectivity index (χ1v) is 9.15. The van der Waals surface area contributed by atoms with Gasteiger partial charge in [0.15, 0.2) is 0 Å². The van der Waals surface area contributed by atoms with Crippen molar-refractivity contribution in [1.29, 1.82) is 0 Å². The Hall–Kier alpha value is -3.11. The SMILES string of the molecule is CC1COc2ccc(C#C[C@]3(O)CCN(C)C3=O)cc2C2N=C(C(N)=O)C=C12.